The van der Waals surface area contributed by atoms with Crippen LogP contribution < -0.4 is 38.8 Å². The van der Waals surface area contributed by atoms with Gasteiger partial charge in [0.1, 0.15) is 11.5 Å². The van der Waals surface area contributed by atoms with Crippen molar-refractivity contribution >= 4 is 12.0 Å². The lowest BCUT2D eigenvalue weighted by atomic mass is 10.3. The van der Waals surface area contributed by atoms with E-state index in [4.69, 9.17) is 9.47 Å². The third-order valence-electron chi connectivity index (χ3n) is 4.67. The molecule has 27 heavy (non-hydrogen) atoms. The number of ether oxygens (including phenoxy) is 2. The molecule has 7 nitrogen and oxygen atoms in total. The minimum absolute atomic E-state index is 0. The van der Waals surface area contributed by atoms with Crippen LogP contribution in [-0.2, 0) is 4.79 Å². The Balaban J connectivity index is 0.00000676. The summed E-state index contributed by atoms with van der Waals surface area (Å²) in [5, 5.41) is 2.90. The molecule has 1 rings (SSSR count). The number of nitrogens with one attached hydrogen (secondary N) is 1. The zero-order chi connectivity index (χ0) is 19.6. The summed E-state index contributed by atoms with van der Waals surface area (Å²) in [6.45, 7) is 11.1. The van der Waals surface area contributed by atoms with Gasteiger partial charge in [-0.2, -0.15) is 0 Å². The van der Waals surface area contributed by atoms with Gasteiger partial charge in [0.05, 0.1) is 32.7 Å². The second-order valence-corrected chi connectivity index (χ2v) is 6.39. The first-order chi connectivity index (χ1) is 12.4. The Hall–Kier alpha value is -1.55. The minimum Gasteiger partial charge on any atom is -1.00 e. The van der Waals surface area contributed by atoms with Crippen molar-refractivity contribution in [1.29, 1.82) is 0 Å². The highest BCUT2D eigenvalue weighted by Gasteiger charge is 2.20. The molecule has 1 aromatic rings. The molecular formula is C19H32IN3O4. The molecule has 0 aliphatic rings. The summed E-state index contributed by atoms with van der Waals surface area (Å²) >= 11 is 0. The van der Waals surface area contributed by atoms with Crippen LogP contribution in [-0.4, -0.2) is 74.8 Å². The number of amides is 2. The number of carbonyl (C=O) groups excluding carboxylic acids is 2. The lowest BCUT2D eigenvalue weighted by Gasteiger charge is -2.35. The molecule has 0 fully saturated rings. The second-order valence-electron chi connectivity index (χ2n) is 6.39. The lowest BCUT2D eigenvalue weighted by Crippen LogP contribution is -3.00. The number of likely N-dealkylation sites (N-methyl/N-ethyl adjacent to an activating group) is 1. The van der Waals surface area contributed by atoms with Crippen molar-refractivity contribution in [2.75, 3.05) is 53.4 Å². The van der Waals surface area contributed by atoms with Gasteiger partial charge < -0.3 is 48.2 Å². The molecule has 0 aromatic heterocycles. The molecule has 0 heterocycles. The zero-order valence-electron chi connectivity index (χ0n) is 17.0. The van der Waals surface area contributed by atoms with E-state index in [-0.39, 0.29) is 36.5 Å². The number of hydrogen-bond donors (Lipinski definition) is 1. The molecule has 0 aliphatic carbocycles. The van der Waals surface area contributed by atoms with E-state index in [1.807, 2.05) is 0 Å². The van der Waals surface area contributed by atoms with E-state index in [1.165, 1.54) is 4.90 Å². The largest absolute Gasteiger partial charge is 1.00 e. The van der Waals surface area contributed by atoms with Crippen LogP contribution >= 0.6 is 0 Å². The van der Waals surface area contributed by atoms with E-state index in [9.17, 15) is 9.59 Å². The number of carbonyl (C=O) groups is 2. The highest BCUT2D eigenvalue weighted by Crippen LogP contribution is 2.19. The molecule has 0 aliphatic heterocycles. The minimum atomic E-state index is -0.468. The van der Waals surface area contributed by atoms with E-state index in [0.29, 0.717) is 18.0 Å². The van der Waals surface area contributed by atoms with E-state index in [1.54, 1.807) is 38.4 Å². The fourth-order valence-electron chi connectivity index (χ4n) is 2.60. The Morgan fingerprint density at radius 3 is 2.22 bits per heavy atom. The normalized spacial score (nSPS) is 10.6. The summed E-state index contributed by atoms with van der Waals surface area (Å²) in [5.74, 6) is 0.685. The third kappa shape index (κ3) is 8.79. The smallest absolute Gasteiger partial charge is 0.414 e. The molecular weight excluding hydrogens is 461 g/mol. The monoisotopic (exact) mass is 493 g/mol. The van der Waals surface area contributed by atoms with Crippen molar-refractivity contribution in [3.05, 3.63) is 24.3 Å². The Morgan fingerprint density at radius 2 is 1.67 bits per heavy atom. The average Bonchev–Trinajstić information content (AvgIpc) is 2.64. The van der Waals surface area contributed by atoms with Crippen LogP contribution in [0.4, 0.5) is 4.79 Å². The van der Waals surface area contributed by atoms with Crippen molar-refractivity contribution in [1.82, 2.24) is 10.2 Å². The van der Waals surface area contributed by atoms with Gasteiger partial charge in [-0.15, -0.1) is 0 Å². The number of rotatable bonds is 10. The summed E-state index contributed by atoms with van der Waals surface area (Å²) in [7, 11) is 3.21. The molecule has 0 bridgehead atoms. The molecule has 0 unspecified atom stereocenters. The zero-order valence-corrected chi connectivity index (χ0v) is 19.1. The van der Waals surface area contributed by atoms with Crippen molar-refractivity contribution in [3.63, 3.8) is 0 Å². The Bertz CT molecular complexity index is 584. The topological polar surface area (TPSA) is 67.9 Å². The summed E-state index contributed by atoms with van der Waals surface area (Å²) in [4.78, 5) is 24.9. The molecule has 2 amide bonds. The van der Waals surface area contributed by atoms with Crippen LogP contribution in [0.5, 0.6) is 11.5 Å². The van der Waals surface area contributed by atoms with Gasteiger partial charge in [0.25, 0.3) is 5.91 Å². The quantitative estimate of drug-likeness (QED) is 0.340. The van der Waals surface area contributed by atoms with Crippen LogP contribution in [0.3, 0.4) is 0 Å². The number of halogens is 1. The molecule has 8 heteroatoms. The predicted octanol–water partition coefficient (Wildman–Crippen LogP) is -0.877. The molecule has 154 valence electrons. The molecule has 0 radical (unpaired) electrons. The van der Waals surface area contributed by atoms with Crippen LogP contribution in [0, 0.1) is 0 Å². The number of benzene rings is 1. The maximum Gasteiger partial charge on any atom is 0.414 e. The average molecular weight is 493 g/mol. The lowest BCUT2D eigenvalue weighted by molar-refractivity contribution is -0.922. The van der Waals surface area contributed by atoms with E-state index < -0.39 is 6.09 Å². The highest BCUT2D eigenvalue weighted by molar-refractivity contribution is 5.77. The van der Waals surface area contributed by atoms with E-state index in [0.717, 1.165) is 30.7 Å². The number of nitrogens with zero attached hydrogens (tertiary/aromatic N) is 2. The standard InChI is InChI=1S/C19H31N3O4.HI/c1-6-22(7-2,8-3)13-12-20-18(23)15-25-16-10-9-11-17(14-16)26-19(24)21(4)5;/h9-11,14H,6-8,12-13,15H2,1-5H3;1H. The van der Waals surface area contributed by atoms with Crippen molar-refractivity contribution in [2.24, 2.45) is 0 Å². The fraction of sp³-hybridized carbons (Fsp3) is 0.579. The highest BCUT2D eigenvalue weighted by atomic mass is 127. The summed E-state index contributed by atoms with van der Waals surface area (Å²) < 4.78 is 11.6. The molecule has 0 atom stereocenters. The van der Waals surface area contributed by atoms with Gasteiger partial charge in [-0.05, 0) is 32.9 Å². The number of quaternary nitrogens is 1. The van der Waals surface area contributed by atoms with Gasteiger partial charge in [-0.1, -0.05) is 6.07 Å². The van der Waals surface area contributed by atoms with Gasteiger partial charge in [0, 0.05) is 20.2 Å². The number of hydrogen-bond acceptors (Lipinski definition) is 4. The first-order valence-corrected chi connectivity index (χ1v) is 9.09. The Morgan fingerprint density at radius 1 is 1.07 bits per heavy atom. The van der Waals surface area contributed by atoms with E-state index in [2.05, 4.69) is 26.1 Å². The summed E-state index contributed by atoms with van der Waals surface area (Å²) in [6, 6.07) is 6.67. The molecule has 0 saturated carbocycles. The third-order valence-corrected chi connectivity index (χ3v) is 4.67. The maximum absolute atomic E-state index is 12.0. The van der Waals surface area contributed by atoms with Gasteiger partial charge in [0.2, 0.25) is 0 Å². The molecule has 0 saturated heterocycles. The van der Waals surface area contributed by atoms with Crippen molar-refractivity contribution in [2.45, 2.75) is 20.8 Å². The van der Waals surface area contributed by atoms with Gasteiger partial charge >= 0.3 is 6.09 Å². The van der Waals surface area contributed by atoms with Crippen LogP contribution in [0.25, 0.3) is 0 Å². The van der Waals surface area contributed by atoms with Gasteiger partial charge in [-0.25, -0.2) is 4.79 Å². The van der Waals surface area contributed by atoms with Crippen molar-refractivity contribution in [3.8, 4) is 11.5 Å². The van der Waals surface area contributed by atoms with Crippen LogP contribution in [0.15, 0.2) is 24.3 Å². The van der Waals surface area contributed by atoms with Gasteiger partial charge in [0.15, 0.2) is 6.61 Å². The molecule has 1 N–H and O–H groups in total. The SMILES string of the molecule is CC[N+](CC)(CC)CCNC(=O)COc1cccc(OC(=O)N(C)C)c1.[I-]. The maximum atomic E-state index is 12.0. The Labute approximate surface area is 179 Å². The fourth-order valence-corrected chi connectivity index (χ4v) is 2.60. The summed E-state index contributed by atoms with van der Waals surface area (Å²) in [6.07, 6.45) is -0.468. The van der Waals surface area contributed by atoms with Gasteiger partial charge in [-0.3, -0.25) is 4.79 Å². The summed E-state index contributed by atoms with van der Waals surface area (Å²) in [5.41, 5.74) is 0. The molecule has 1 aromatic carbocycles. The first kappa shape index (κ1) is 25.4. The van der Waals surface area contributed by atoms with Crippen LogP contribution in [0.2, 0.25) is 0 Å². The van der Waals surface area contributed by atoms with Crippen molar-refractivity contribution < 1.29 is 47.5 Å². The van der Waals surface area contributed by atoms with E-state index >= 15 is 0 Å². The van der Waals surface area contributed by atoms with Crippen LogP contribution in [0.1, 0.15) is 20.8 Å². The first-order valence-electron chi connectivity index (χ1n) is 9.09. The Kier molecular flexibility index (Phi) is 12.0. The predicted molar refractivity (Wildman–Crippen MR) is 101 cm³/mol. The molecule has 0 spiro atoms. The second kappa shape index (κ2) is 12.8.